The van der Waals surface area contributed by atoms with E-state index < -0.39 is 0 Å². The van der Waals surface area contributed by atoms with Crippen molar-refractivity contribution in [3.8, 4) is 27.9 Å². The van der Waals surface area contributed by atoms with Crippen LogP contribution >= 0.6 is 0 Å². The molecule has 0 aliphatic heterocycles. The van der Waals surface area contributed by atoms with Gasteiger partial charge in [0.2, 0.25) is 0 Å². The van der Waals surface area contributed by atoms with Crippen molar-refractivity contribution in [1.82, 2.24) is 4.57 Å². The molecule has 0 unspecified atom stereocenters. The van der Waals surface area contributed by atoms with Crippen LogP contribution in [0.1, 0.15) is 0 Å². The van der Waals surface area contributed by atoms with Crippen LogP contribution in [0.15, 0.2) is 182 Å². The Bertz CT molecular complexity index is 2200. The minimum atomic E-state index is 1.12. The summed E-state index contributed by atoms with van der Waals surface area (Å²) in [6, 6.07) is 65.0. The molecule has 8 rings (SSSR count). The first-order chi connectivity index (χ1) is 21.8. The van der Waals surface area contributed by atoms with E-state index in [1.54, 1.807) is 0 Å². The summed E-state index contributed by atoms with van der Waals surface area (Å²) in [5, 5.41) is 2.50. The molecule has 2 nitrogen and oxygen atoms in total. The van der Waals surface area contributed by atoms with Crippen molar-refractivity contribution in [2.24, 2.45) is 0 Å². The molecule has 1 aromatic heterocycles. The molecule has 0 aliphatic rings. The number of anilines is 3. The standard InChI is InChI=1S/C42H30N2/c1-4-14-31(15-5-1)32-24-27-36(28-25-32)43(34-16-6-2-7-17-34)40-22-12-10-20-37(40)33-26-29-42-39(30-33)38-21-11-13-23-41(38)44(42)35-18-8-3-9-19-35/h1-30H. The number of rotatable bonds is 6. The minimum absolute atomic E-state index is 1.12. The Morgan fingerprint density at radius 2 is 0.909 bits per heavy atom. The third-order valence-corrected chi connectivity index (χ3v) is 8.39. The van der Waals surface area contributed by atoms with E-state index in [2.05, 4.69) is 191 Å². The van der Waals surface area contributed by atoms with E-state index in [0.29, 0.717) is 0 Å². The second-order valence-electron chi connectivity index (χ2n) is 11.0. The van der Waals surface area contributed by atoms with Crippen molar-refractivity contribution in [1.29, 1.82) is 0 Å². The fourth-order valence-corrected chi connectivity index (χ4v) is 6.35. The molecule has 0 amide bonds. The van der Waals surface area contributed by atoms with Gasteiger partial charge in [-0.05, 0) is 77.4 Å². The second-order valence-corrected chi connectivity index (χ2v) is 11.0. The first kappa shape index (κ1) is 25.8. The summed E-state index contributed by atoms with van der Waals surface area (Å²) in [6.45, 7) is 0. The highest BCUT2D eigenvalue weighted by Gasteiger charge is 2.19. The zero-order valence-corrected chi connectivity index (χ0v) is 24.2. The van der Waals surface area contributed by atoms with Crippen LogP contribution < -0.4 is 4.90 Å². The Balaban J connectivity index is 1.29. The average Bonchev–Trinajstić information content (AvgIpc) is 3.44. The van der Waals surface area contributed by atoms with Crippen LogP contribution in [0.4, 0.5) is 17.1 Å². The molecular formula is C42H30N2. The Hall–Kier alpha value is -5.86. The Morgan fingerprint density at radius 1 is 0.364 bits per heavy atom. The number of nitrogens with zero attached hydrogens (tertiary/aromatic N) is 2. The van der Waals surface area contributed by atoms with E-state index in [-0.39, 0.29) is 0 Å². The first-order valence-electron chi connectivity index (χ1n) is 15.0. The molecule has 0 fully saturated rings. The fraction of sp³-hybridized carbons (Fsp3) is 0. The van der Waals surface area contributed by atoms with Gasteiger partial charge in [0.15, 0.2) is 0 Å². The smallest absolute Gasteiger partial charge is 0.0541 e. The van der Waals surface area contributed by atoms with Gasteiger partial charge in [-0.1, -0.05) is 121 Å². The molecule has 0 saturated heterocycles. The number of benzene rings is 7. The molecule has 208 valence electrons. The lowest BCUT2D eigenvalue weighted by molar-refractivity contribution is 1.18. The summed E-state index contributed by atoms with van der Waals surface area (Å²) in [7, 11) is 0. The normalized spacial score (nSPS) is 11.2. The lowest BCUT2D eigenvalue weighted by Gasteiger charge is -2.28. The van der Waals surface area contributed by atoms with Gasteiger partial charge in [0.1, 0.15) is 0 Å². The predicted octanol–water partition coefficient (Wildman–Crippen LogP) is 11.6. The van der Waals surface area contributed by atoms with Gasteiger partial charge in [-0.2, -0.15) is 0 Å². The average molecular weight is 563 g/mol. The molecule has 2 heteroatoms. The maximum Gasteiger partial charge on any atom is 0.0541 e. The van der Waals surface area contributed by atoms with E-state index in [0.717, 1.165) is 17.1 Å². The van der Waals surface area contributed by atoms with Gasteiger partial charge in [0.25, 0.3) is 0 Å². The molecule has 0 saturated carbocycles. The summed E-state index contributed by atoms with van der Waals surface area (Å²) in [6.07, 6.45) is 0. The molecule has 0 bridgehead atoms. The van der Waals surface area contributed by atoms with Gasteiger partial charge in [-0.25, -0.2) is 0 Å². The second kappa shape index (κ2) is 11.1. The maximum absolute atomic E-state index is 2.37. The Morgan fingerprint density at radius 3 is 1.68 bits per heavy atom. The molecule has 7 aromatic carbocycles. The summed E-state index contributed by atoms with van der Waals surface area (Å²) in [5.74, 6) is 0. The molecule has 44 heavy (non-hydrogen) atoms. The lowest BCUT2D eigenvalue weighted by Crippen LogP contribution is -2.11. The van der Waals surface area contributed by atoms with E-state index in [9.17, 15) is 0 Å². The number of fused-ring (bicyclic) bond motifs is 3. The highest BCUT2D eigenvalue weighted by Crippen LogP contribution is 2.42. The minimum Gasteiger partial charge on any atom is -0.310 e. The van der Waals surface area contributed by atoms with Crippen LogP contribution in [0.25, 0.3) is 49.7 Å². The van der Waals surface area contributed by atoms with Gasteiger partial charge in [0, 0.05) is 33.4 Å². The summed E-state index contributed by atoms with van der Waals surface area (Å²) >= 11 is 0. The maximum atomic E-state index is 2.37. The molecule has 0 atom stereocenters. The van der Waals surface area contributed by atoms with Crippen LogP contribution in [0.3, 0.4) is 0 Å². The van der Waals surface area contributed by atoms with Crippen molar-refractivity contribution in [3.05, 3.63) is 182 Å². The topological polar surface area (TPSA) is 8.17 Å². The van der Waals surface area contributed by atoms with Crippen LogP contribution in [0, 0.1) is 0 Å². The molecule has 1 heterocycles. The van der Waals surface area contributed by atoms with E-state index >= 15 is 0 Å². The van der Waals surface area contributed by atoms with Gasteiger partial charge in [0.05, 0.1) is 16.7 Å². The Kier molecular flexibility index (Phi) is 6.51. The van der Waals surface area contributed by atoms with Crippen LogP contribution in [0.5, 0.6) is 0 Å². The first-order valence-corrected chi connectivity index (χ1v) is 15.0. The molecule has 0 N–H and O–H groups in total. The van der Waals surface area contributed by atoms with Gasteiger partial charge in [-0.3, -0.25) is 0 Å². The van der Waals surface area contributed by atoms with Crippen LogP contribution in [-0.2, 0) is 0 Å². The number of hydrogen-bond acceptors (Lipinski definition) is 1. The fourth-order valence-electron chi connectivity index (χ4n) is 6.35. The van der Waals surface area contributed by atoms with E-state index in [1.807, 2.05) is 0 Å². The zero-order valence-electron chi connectivity index (χ0n) is 24.2. The number of para-hydroxylation sites is 4. The van der Waals surface area contributed by atoms with Crippen LogP contribution in [0.2, 0.25) is 0 Å². The van der Waals surface area contributed by atoms with Gasteiger partial charge >= 0.3 is 0 Å². The van der Waals surface area contributed by atoms with E-state index in [4.69, 9.17) is 0 Å². The van der Waals surface area contributed by atoms with E-state index in [1.165, 1.54) is 49.7 Å². The third kappa shape index (κ3) is 4.54. The number of hydrogen-bond donors (Lipinski definition) is 0. The summed E-state index contributed by atoms with van der Waals surface area (Å²) < 4.78 is 2.37. The zero-order chi connectivity index (χ0) is 29.3. The SMILES string of the molecule is c1ccc(-c2ccc(N(c3ccccc3)c3ccccc3-c3ccc4c(c3)c3ccccc3n4-c3ccccc3)cc2)cc1. The Labute approximate surface area is 257 Å². The van der Waals surface area contributed by atoms with Crippen molar-refractivity contribution < 1.29 is 0 Å². The van der Waals surface area contributed by atoms with Crippen molar-refractivity contribution in [2.75, 3.05) is 4.90 Å². The highest BCUT2D eigenvalue weighted by atomic mass is 15.1. The lowest BCUT2D eigenvalue weighted by atomic mass is 9.99. The molecule has 8 aromatic rings. The van der Waals surface area contributed by atoms with Crippen molar-refractivity contribution >= 4 is 38.9 Å². The molecule has 0 radical (unpaired) electrons. The third-order valence-electron chi connectivity index (χ3n) is 8.39. The largest absolute Gasteiger partial charge is 0.310 e. The highest BCUT2D eigenvalue weighted by molar-refractivity contribution is 6.11. The molecule has 0 spiro atoms. The summed E-state index contributed by atoms with van der Waals surface area (Å²) in [5.41, 5.74) is 11.7. The van der Waals surface area contributed by atoms with Gasteiger partial charge < -0.3 is 9.47 Å². The van der Waals surface area contributed by atoms with Crippen molar-refractivity contribution in [2.45, 2.75) is 0 Å². The van der Waals surface area contributed by atoms with Crippen LogP contribution in [-0.4, -0.2) is 4.57 Å². The summed E-state index contributed by atoms with van der Waals surface area (Å²) in [4.78, 5) is 2.36. The molecular weight excluding hydrogens is 532 g/mol. The van der Waals surface area contributed by atoms with Gasteiger partial charge in [-0.15, -0.1) is 0 Å². The quantitative estimate of drug-likeness (QED) is 0.196. The number of aromatic nitrogens is 1. The predicted molar refractivity (Wildman–Crippen MR) is 186 cm³/mol. The molecule has 0 aliphatic carbocycles. The monoisotopic (exact) mass is 562 g/mol. The van der Waals surface area contributed by atoms with Crippen molar-refractivity contribution in [3.63, 3.8) is 0 Å².